The highest BCUT2D eigenvalue weighted by Gasteiger charge is 2.21. The van der Waals surface area contributed by atoms with Crippen molar-refractivity contribution in [3.05, 3.63) is 60.2 Å². The minimum atomic E-state index is -1.95. The first-order valence-electron chi connectivity index (χ1n) is 5.16. The summed E-state index contributed by atoms with van der Waals surface area (Å²) in [6, 6.07) is 8.61. The molecule has 0 aromatic heterocycles. The van der Waals surface area contributed by atoms with Gasteiger partial charge in [0.2, 0.25) is 5.79 Å². The maximum absolute atomic E-state index is 11.7. The molecule has 0 bridgehead atoms. The lowest BCUT2D eigenvalue weighted by atomic mass is 10.1. The van der Waals surface area contributed by atoms with Gasteiger partial charge in [-0.3, -0.25) is 0 Å². The number of aliphatic hydroxyl groups is 2. The summed E-state index contributed by atoms with van der Waals surface area (Å²) in [5, 5.41) is 18.4. The molecule has 0 amide bonds. The van der Waals surface area contributed by atoms with Crippen LogP contribution in [0.4, 0.5) is 0 Å². The van der Waals surface area contributed by atoms with Gasteiger partial charge in [0.25, 0.3) is 0 Å². The zero-order valence-corrected chi connectivity index (χ0v) is 8.98. The van der Waals surface area contributed by atoms with Gasteiger partial charge in [-0.25, -0.2) is 4.79 Å². The third-order valence-corrected chi connectivity index (χ3v) is 2.32. The van der Waals surface area contributed by atoms with Crippen LogP contribution in [0.15, 0.2) is 54.6 Å². The fraction of sp³-hybridized carbons (Fsp3) is 0.154. The van der Waals surface area contributed by atoms with Crippen molar-refractivity contribution < 1.29 is 19.7 Å². The maximum Gasteiger partial charge on any atom is 0.339 e. The first-order valence-corrected chi connectivity index (χ1v) is 5.16. The number of benzene rings is 1. The number of rotatable bonds is 2. The van der Waals surface area contributed by atoms with Crippen molar-refractivity contribution in [3.63, 3.8) is 0 Å². The second-order valence-corrected chi connectivity index (χ2v) is 3.74. The molecule has 17 heavy (non-hydrogen) atoms. The zero-order valence-electron chi connectivity index (χ0n) is 8.98. The standard InChI is InChI=1S/C13H12O4/c14-12(10-4-2-1-3-5-10)17-11-6-8-13(15,16)9-7-11/h1-9,11,15-16H. The Morgan fingerprint density at radius 1 is 1.12 bits per heavy atom. The van der Waals surface area contributed by atoms with E-state index in [1.165, 1.54) is 12.2 Å². The van der Waals surface area contributed by atoms with Crippen LogP contribution in [0.25, 0.3) is 0 Å². The van der Waals surface area contributed by atoms with Gasteiger partial charge in [0.15, 0.2) is 0 Å². The zero-order chi connectivity index (χ0) is 12.3. The smallest absolute Gasteiger partial charge is 0.339 e. The molecule has 1 aliphatic carbocycles. The Kier molecular flexibility index (Phi) is 3.08. The molecule has 88 valence electrons. The lowest BCUT2D eigenvalue weighted by Gasteiger charge is -2.19. The molecule has 1 aromatic carbocycles. The summed E-state index contributed by atoms with van der Waals surface area (Å²) in [5.74, 6) is -2.40. The van der Waals surface area contributed by atoms with Crippen LogP contribution in [0.3, 0.4) is 0 Å². The lowest BCUT2D eigenvalue weighted by molar-refractivity contribution is -0.0770. The van der Waals surface area contributed by atoms with Gasteiger partial charge in [-0.05, 0) is 36.4 Å². The van der Waals surface area contributed by atoms with Crippen LogP contribution in [-0.2, 0) is 4.74 Å². The van der Waals surface area contributed by atoms with E-state index in [0.29, 0.717) is 5.56 Å². The molecule has 0 radical (unpaired) electrons. The summed E-state index contributed by atoms with van der Waals surface area (Å²) in [6.45, 7) is 0. The van der Waals surface area contributed by atoms with Crippen molar-refractivity contribution in [2.75, 3.05) is 0 Å². The van der Waals surface area contributed by atoms with E-state index >= 15 is 0 Å². The van der Waals surface area contributed by atoms with Crippen molar-refractivity contribution in [1.29, 1.82) is 0 Å². The van der Waals surface area contributed by atoms with Gasteiger partial charge in [-0.1, -0.05) is 18.2 Å². The second kappa shape index (κ2) is 4.53. The highest BCUT2D eigenvalue weighted by atomic mass is 16.5. The molecule has 0 fully saturated rings. The van der Waals surface area contributed by atoms with Crippen molar-refractivity contribution >= 4 is 5.97 Å². The first kappa shape index (κ1) is 11.6. The molecular formula is C13H12O4. The largest absolute Gasteiger partial charge is 0.450 e. The molecule has 1 aliphatic rings. The Morgan fingerprint density at radius 3 is 2.29 bits per heavy atom. The van der Waals surface area contributed by atoms with Gasteiger partial charge in [-0.15, -0.1) is 0 Å². The summed E-state index contributed by atoms with van der Waals surface area (Å²) in [7, 11) is 0. The van der Waals surface area contributed by atoms with Gasteiger partial charge in [0.05, 0.1) is 5.56 Å². The highest BCUT2D eigenvalue weighted by molar-refractivity contribution is 5.89. The lowest BCUT2D eigenvalue weighted by Crippen LogP contribution is -2.27. The maximum atomic E-state index is 11.7. The van der Waals surface area contributed by atoms with Gasteiger partial charge in [0, 0.05) is 0 Å². The van der Waals surface area contributed by atoms with Crippen molar-refractivity contribution in [2.45, 2.75) is 11.9 Å². The molecule has 1 aromatic rings. The van der Waals surface area contributed by atoms with Crippen LogP contribution in [-0.4, -0.2) is 28.1 Å². The van der Waals surface area contributed by atoms with E-state index in [-0.39, 0.29) is 0 Å². The molecule has 0 spiro atoms. The van der Waals surface area contributed by atoms with Crippen molar-refractivity contribution in [2.24, 2.45) is 0 Å². The molecule has 0 heterocycles. The Balaban J connectivity index is 2.00. The number of hydrogen-bond acceptors (Lipinski definition) is 4. The van der Waals surface area contributed by atoms with Crippen molar-refractivity contribution in [3.8, 4) is 0 Å². The van der Waals surface area contributed by atoms with E-state index in [4.69, 9.17) is 4.74 Å². The van der Waals surface area contributed by atoms with E-state index in [0.717, 1.165) is 12.2 Å². The van der Waals surface area contributed by atoms with Crippen LogP contribution >= 0.6 is 0 Å². The number of carbonyl (C=O) groups is 1. The fourth-order valence-corrected chi connectivity index (χ4v) is 1.44. The number of carbonyl (C=O) groups excluding carboxylic acids is 1. The summed E-state index contributed by atoms with van der Waals surface area (Å²) in [6.07, 6.45) is 4.59. The van der Waals surface area contributed by atoms with Crippen LogP contribution in [0.1, 0.15) is 10.4 Å². The summed E-state index contributed by atoms with van der Waals surface area (Å²) in [4.78, 5) is 11.7. The van der Waals surface area contributed by atoms with Crippen LogP contribution in [0.2, 0.25) is 0 Å². The molecule has 0 aliphatic heterocycles. The predicted octanol–water partition coefficient (Wildman–Crippen LogP) is 1.02. The fourth-order valence-electron chi connectivity index (χ4n) is 1.44. The summed E-state index contributed by atoms with van der Waals surface area (Å²) >= 11 is 0. The molecule has 4 nitrogen and oxygen atoms in total. The molecular weight excluding hydrogens is 220 g/mol. The van der Waals surface area contributed by atoms with Crippen molar-refractivity contribution in [1.82, 2.24) is 0 Å². The minimum absolute atomic E-state index is 0.451. The van der Waals surface area contributed by atoms with E-state index in [9.17, 15) is 15.0 Å². The SMILES string of the molecule is O=C(OC1C=CC(O)(O)C=C1)c1ccccc1. The van der Waals surface area contributed by atoms with E-state index in [1.54, 1.807) is 24.3 Å². The summed E-state index contributed by atoms with van der Waals surface area (Å²) in [5.41, 5.74) is 0.458. The monoisotopic (exact) mass is 232 g/mol. The van der Waals surface area contributed by atoms with Crippen LogP contribution in [0.5, 0.6) is 0 Å². The Labute approximate surface area is 98.5 Å². The van der Waals surface area contributed by atoms with Crippen LogP contribution in [0, 0.1) is 0 Å². The average Bonchev–Trinajstić information content (AvgIpc) is 2.33. The average molecular weight is 232 g/mol. The van der Waals surface area contributed by atoms with Crippen LogP contribution < -0.4 is 0 Å². The van der Waals surface area contributed by atoms with Gasteiger partial charge < -0.3 is 14.9 Å². The second-order valence-electron chi connectivity index (χ2n) is 3.74. The Hall–Kier alpha value is -1.91. The Morgan fingerprint density at radius 2 is 1.71 bits per heavy atom. The van der Waals surface area contributed by atoms with E-state index < -0.39 is 17.9 Å². The molecule has 0 unspecified atom stereocenters. The third-order valence-electron chi connectivity index (χ3n) is 2.32. The molecule has 0 saturated heterocycles. The van der Waals surface area contributed by atoms with Gasteiger partial charge in [0.1, 0.15) is 6.10 Å². The number of esters is 1. The normalized spacial score (nSPS) is 18.0. The van der Waals surface area contributed by atoms with Gasteiger partial charge >= 0.3 is 5.97 Å². The topological polar surface area (TPSA) is 66.8 Å². The molecule has 0 atom stereocenters. The first-order chi connectivity index (χ1) is 8.07. The number of ether oxygens (including phenoxy) is 1. The summed E-state index contributed by atoms with van der Waals surface area (Å²) < 4.78 is 5.14. The molecule has 4 heteroatoms. The molecule has 2 N–H and O–H groups in total. The van der Waals surface area contributed by atoms with E-state index in [1.807, 2.05) is 6.07 Å². The van der Waals surface area contributed by atoms with Gasteiger partial charge in [-0.2, -0.15) is 0 Å². The quantitative estimate of drug-likeness (QED) is 0.454. The molecule has 2 rings (SSSR count). The minimum Gasteiger partial charge on any atom is -0.450 e. The predicted molar refractivity (Wildman–Crippen MR) is 61.1 cm³/mol. The van der Waals surface area contributed by atoms with E-state index in [2.05, 4.69) is 0 Å². The molecule has 0 saturated carbocycles. The third kappa shape index (κ3) is 3.03. The highest BCUT2D eigenvalue weighted by Crippen LogP contribution is 2.15. The Bertz CT molecular complexity index is 444. The number of hydrogen-bond donors (Lipinski definition) is 2.